The molecule has 21 heavy (non-hydrogen) atoms. The van der Waals surface area contributed by atoms with Crippen LogP contribution in [0.5, 0.6) is 5.75 Å². The number of aromatic hydroxyl groups is 1. The molecule has 1 saturated carbocycles. The third kappa shape index (κ3) is 3.58. The van der Waals surface area contributed by atoms with E-state index in [2.05, 4.69) is 24.4 Å². The van der Waals surface area contributed by atoms with Gasteiger partial charge in [-0.2, -0.15) is 0 Å². The Balaban J connectivity index is 1.85. The smallest absolute Gasteiger partial charge is 0.115 e. The maximum atomic E-state index is 9.48. The Morgan fingerprint density at radius 3 is 2.10 bits per heavy atom. The van der Waals surface area contributed by atoms with Crippen molar-refractivity contribution in [3.8, 4) is 5.75 Å². The molecule has 0 aromatic heterocycles. The number of phenolic OH excluding ortho intramolecular Hbond substituents is 1. The molecule has 1 unspecified atom stereocenters. The van der Waals surface area contributed by atoms with Gasteiger partial charge in [0.05, 0.1) is 6.04 Å². The molecule has 0 bridgehead atoms. The van der Waals surface area contributed by atoms with Gasteiger partial charge in [0.15, 0.2) is 0 Å². The van der Waals surface area contributed by atoms with E-state index in [9.17, 15) is 5.11 Å². The Kier molecular flexibility index (Phi) is 3.92. The van der Waals surface area contributed by atoms with E-state index in [1.165, 1.54) is 18.4 Å². The van der Waals surface area contributed by atoms with Gasteiger partial charge in [-0.3, -0.25) is 0 Å². The quantitative estimate of drug-likeness (QED) is 0.850. The molecule has 2 aromatic rings. The summed E-state index contributed by atoms with van der Waals surface area (Å²) in [6, 6.07) is 15.5. The maximum Gasteiger partial charge on any atom is 0.115 e. The number of halogens is 1. The molecule has 110 valence electrons. The Bertz CT molecular complexity index is 557. The van der Waals surface area contributed by atoms with Crippen LogP contribution in [0.1, 0.15) is 36.9 Å². The van der Waals surface area contributed by atoms with Gasteiger partial charge in [0.2, 0.25) is 0 Å². The predicted molar refractivity (Wildman–Crippen MR) is 86.7 cm³/mol. The summed E-state index contributed by atoms with van der Waals surface area (Å²) in [7, 11) is 0. The molecule has 0 saturated heterocycles. The van der Waals surface area contributed by atoms with E-state index in [0.717, 1.165) is 17.1 Å². The summed E-state index contributed by atoms with van der Waals surface area (Å²) in [5.74, 6) is 0.294. The molecule has 2 nitrogen and oxygen atoms in total. The second-order valence-electron chi connectivity index (χ2n) is 6.27. The molecular formula is C18H20ClNO. The van der Waals surface area contributed by atoms with Crippen molar-refractivity contribution in [2.45, 2.75) is 25.8 Å². The highest BCUT2D eigenvalue weighted by Gasteiger charge is 2.37. The van der Waals surface area contributed by atoms with Gasteiger partial charge in [0, 0.05) is 11.6 Å². The van der Waals surface area contributed by atoms with Crippen LogP contribution in [0.3, 0.4) is 0 Å². The molecule has 1 aliphatic carbocycles. The van der Waals surface area contributed by atoms with Crippen LogP contribution in [0, 0.1) is 5.41 Å². The lowest BCUT2D eigenvalue weighted by Crippen LogP contribution is -2.27. The SMILES string of the molecule is CC1(CNC(c2ccc(O)cc2)c2ccc(Cl)cc2)CC1. The Labute approximate surface area is 130 Å². The van der Waals surface area contributed by atoms with Crippen molar-refractivity contribution in [2.24, 2.45) is 5.41 Å². The predicted octanol–water partition coefficient (Wildman–Crippen LogP) is 4.52. The van der Waals surface area contributed by atoms with Crippen molar-refractivity contribution in [1.29, 1.82) is 0 Å². The number of benzene rings is 2. The number of nitrogens with one attached hydrogen (secondary N) is 1. The fourth-order valence-electron chi connectivity index (χ4n) is 2.49. The van der Waals surface area contributed by atoms with Crippen LogP contribution in [-0.4, -0.2) is 11.7 Å². The number of rotatable bonds is 5. The molecule has 0 radical (unpaired) electrons. The number of hydrogen-bond donors (Lipinski definition) is 2. The summed E-state index contributed by atoms with van der Waals surface area (Å²) >= 11 is 5.99. The molecule has 3 rings (SSSR count). The van der Waals surface area contributed by atoms with Gasteiger partial charge in [-0.1, -0.05) is 42.8 Å². The summed E-state index contributed by atoms with van der Waals surface area (Å²) < 4.78 is 0. The number of hydrogen-bond acceptors (Lipinski definition) is 2. The summed E-state index contributed by atoms with van der Waals surface area (Å²) in [5, 5.41) is 13.9. The summed E-state index contributed by atoms with van der Waals surface area (Å²) in [4.78, 5) is 0. The van der Waals surface area contributed by atoms with Crippen molar-refractivity contribution in [3.63, 3.8) is 0 Å². The molecule has 1 atom stereocenters. The van der Waals surface area contributed by atoms with Crippen molar-refractivity contribution >= 4 is 11.6 Å². The molecule has 2 aromatic carbocycles. The first kappa shape index (κ1) is 14.4. The molecule has 0 spiro atoms. The van der Waals surface area contributed by atoms with Crippen molar-refractivity contribution in [1.82, 2.24) is 5.32 Å². The van der Waals surface area contributed by atoms with Gasteiger partial charge in [-0.15, -0.1) is 0 Å². The Hall–Kier alpha value is -1.51. The van der Waals surface area contributed by atoms with Crippen LogP contribution in [0.2, 0.25) is 5.02 Å². The second kappa shape index (κ2) is 5.70. The van der Waals surface area contributed by atoms with Crippen LogP contribution >= 0.6 is 11.6 Å². The van der Waals surface area contributed by atoms with E-state index in [0.29, 0.717) is 11.2 Å². The van der Waals surface area contributed by atoms with Gasteiger partial charge >= 0.3 is 0 Å². The first-order valence-corrected chi connectivity index (χ1v) is 7.71. The van der Waals surface area contributed by atoms with Gasteiger partial charge in [0.25, 0.3) is 0 Å². The van der Waals surface area contributed by atoms with Crippen molar-refractivity contribution in [2.75, 3.05) is 6.54 Å². The lowest BCUT2D eigenvalue weighted by molar-refractivity contribution is 0.465. The highest BCUT2D eigenvalue weighted by Crippen LogP contribution is 2.44. The molecule has 0 heterocycles. The van der Waals surface area contributed by atoms with E-state index < -0.39 is 0 Å². The molecule has 1 fully saturated rings. The van der Waals surface area contributed by atoms with Crippen molar-refractivity contribution in [3.05, 3.63) is 64.7 Å². The van der Waals surface area contributed by atoms with E-state index in [1.54, 1.807) is 12.1 Å². The van der Waals surface area contributed by atoms with Gasteiger partial charge in [-0.25, -0.2) is 0 Å². The lowest BCUT2D eigenvalue weighted by Gasteiger charge is -2.22. The lowest BCUT2D eigenvalue weighted by atomic mass is 9.97. The van der Waals surface area contributed by atoms with Gasteiger partial charge in [-0.05, 0) is 53.6 Å². The minimum atomic E-state index is 0.125. The van der Waals surface area contributed by atoms with Gasteiger partial charge < -0.3 is 10.4 Å². The van der Waals surface area contributed by atoms with E-state index in [-0.39, 0.29) is 6.04 Å². The minimum Gasteiger partial charge on any atom is -0.508 e. The fourth-order valence-corrected chi connectivity index (χ4v) is 2.61. The van der Waals surface area contributed by atoms with Crippen LogP contribution in [0.25, 0.3) is 0 Å². The highest BCUT2D eigenvalue weighted by atomic mass is 35.5. The Morgan fingerprint density at radius 2 is 1.57 bits per heavy atom. The second-order valence-corrected chi connectivity index (χ2v) is 6.70. The first-order chi connectivity index (χ1) is 10.1. The monoisotopic (exact) mass is 301 g/mol. The summed E-state index contributed by atoms with van der Waals surface area (Å²) in [6.45, 7) is 3.32. The molecule has 3 heteroatoms. The van der Waals surface area contributed by atoms with Gasteiger partial charge in [0.1, 0.15) is 5.75 Å². The summed E-state index contributed by atoms with van der Waals surface area (Å²) in [5.41, 5.74) is 2.79. The average molecular weight is 302 g/mol. The van der Waals surface area contributed by atoms with Crippen LogP contribution in [0.15, 0.2) is 48.5 Å². The zero-order valence-electron chi connectivity index (χ0n) is 12.1. The Morgan fingerprint density at radius 1 is 1.05 bits per heavy atom. The third-order valence-corrected chi connectivity index (χ3v) is 4.52. The maximum absolute atomic E-state index is 9.48. The van der Waals surface area contributed by atoms with E-state index >= 15 is 0 Å². The molecular weight excluding hydrogens is 282 g/mol. The minimum absolute atomic E-state index is 0.125. The third-order valence-electron chi connectivity index (χ3n) is 4.27. The van der Waals surface area contributed by atoms with Crippen LogP contribution in [0.4, 0.5) is 0 Å². The van der Waals surface area contributed by atoms with Crippen molar-refractivity contribution < 1.29 is 5.11 Å². The highest BCUT2D eigenvalue weighted by molar-refractivity contribution is 6.30. The zero-order chi connectivity index (χ0) is 14.9. The van der Waals surface area contributed by atoms with Crippen LogP contribution < -0.4 is 5.32 Å². The van der Waals surface area contributed by atoms with E-state index in [1.807, 2.05) is 24.3 Å². The summed E-state index contributed by atoms with van der Waals surface area (Å²) in [6.07, 6.45) is 2.59. The number of phenols is 1. The molecule has 1 aliphatic rings. The van der Waals surface area contributed by atoms with Crippen LogP contribution in [-0.2, 0) is 0 Å². The first-order valence-electron chi connectivity index (χ1n) is 7.34. The average Bonchev–Trinajstić information content (AvgIpc) is 3.21. The van der Waals surface area contributed by atoms with E-state index in [4.69, 9.17) is 11.6 Å². The molecule has 0 aliphatic heterocycles. The zero-order valence-corrected chi connectivity index (χ0v) is 12.9. The topological polar surface area (TPSA) is 32.3 Å². The molecule has 0 amide bonds. The standard InChI is InChI=1S/C18H20ClNO/c1-18(10-11-18)12-20-17(13-2-6-15(19)7-3-13)14-4-8-16(21)9-5-14/h2-9,17,20-21H,10-12H2,1H3. The molecule has 2 N–H and O–H groups in total. The fraction of sp³-hybridized carbons (Fsp3) is 0.333. The normalized spacial score (nSPS) is 17.4. The largest absolute Gasteiger partial charge is 0.508 e.